The minimum Gasteiger partial charge on any atom is -0.192 e. The molecule has 0 unspecified atom stereocenters. The first-order valence-electron chi connectivity index (χ1n) is 7.60. The van der Waals surface area contributed by atoms with Gasteiger partial charge in [-0.25, -0.2) is 0 Å². The van der Waals surface area contributed by atoms with Crippen LogP contribution in [0.1, 0.15) is 41.5 Å². The van der Waals surface area contributed by atoms with Crippen LogP contribution >= 0.6 is 11.3 Å². The zero-order valence-corrected chi connectivity index (χ0v) is 13.9. The third-order valence-corrected chi connectivity index (χ3v) is 5.12. The summed E-state index contributed by atoms with van der Waals surface area (Å²) in [6.45, 7) is 14.3. The number of thiophene rings is 1. The lowest BCUT2D eigenvalue weighted by Gasteiger charge is -2.44. The summed E-state index contributed by atoms with van der Waals surface area (Å²) in [6.07, 6.45) is 3.80. The Kier molecular flexibility index (Phi) is 5.97. The van der Waals surface area contributed by atoms with Crippen molar-refractivity contribution in [3.8, 4) is 0 Å². The summed E-state index contributed by atoms with van der Waals surface area (Å²) < 4.78 is 1.67. The fourth-order valence-electron chi connectivity index (χ4n) is 3.98. The summed E-state index contributed by atoms with van der Waals surface area (Å²) >= 11 is 1.98. The van der Waals surface area contributed by atoms with Crippen LogP contribution in [0.5, 0.6) is 0 Å². The highest BCUT2D eigenvalue weighted by Gasteiger charge is 2.29. The average Bonchev–Trinajstić information content (AvgIpc) is 2.65. The summed E-state index contributed by atoms with van der Waals surface area (Å²) in [5.74, 6) is 2.39. The second kappa shape index (κ2) is 6.79. The SMILES string of the molecule is CC(C)C[B-](CC(C)C)(CC(C)C)c1cccs1. The van der Waals surface area contributed by atoms with Gasteiger partial charge in [0.15, 0.2) is 0 Å². The smallest absolute Gasteiger partial charge is 0.0403 e. The molecule has 0 aliphatic heterocycles. The molecule has 104 valence electrons. The molecule has 0 saturated carbocycles. The molecular formula is C16H30BS-. The molecule has 1 heterocycles. The van der Waals surface area contributed by atoms with Crippen LogP contribution in [-0.2, 0) is 0 Å². The van der Waals surface area contributed by atoms with Gasteiger partial charge in [-0.3, -0.25) is 0 Å². The predicted octanol–water partition coefficient (Wildman–Crippen LogP) is 5.37. The Morgan fingerprint density at radius 3 is 1.61 bits per heavy atom. The largest absolute Gasteiger partial charge is 0.192 e. The highest BCUT2D eigenvalue weighted by Crippen LogP contribution is 2.33. The number of hydrogen-bond acceptors (Lipinski definition) is 1. The molecule has 0 N–H and O–H groups in total. The maximum absolute atomic E-state index is 2.39. The number of rotatable bonds is 7. The molecule has 1 aromatic rings. The second-order valence-corrected chi connectivity index (χ2v) is 8.36. The van der Waals surface area contributed by atoms with Crippen LogP contribution in [0.4, 0.5) is 0 Å². The molecule has 0 aliphatic carbocycles. The molecule has 1 rings (SSSR count). The molecule has 0 fully saturated rings. The number of hydrogen-bond donors (Lipinski definition) is 0. The molecule has 0 aliphatic rings. The molecule has 0 aromatic carbocycles. The van der Waals surface area contributed by atoms with Crippen molar-refractivity contribution >= 4 is 22.3 Å². The van der Waals surface area contributed by atoms with Gasteiger partial charge >= 0.3 is 0 Å². The van der Waals surface area contributed by atoms with Gasteiger partial charge in [-0.15, -0.1) is 0 Å². The molecular weight excluding hydrogens is 235 g/mol. The zero-order chi connectivity index (χ0) is 13.8. The van der Waals surface area contributed by atoms with Crippen molar-refractivity contribution in [1.82, 2.24) is 0 Å². The van der Waals surface area contributed by atoms with E-state index in [1.165, 1.54) is 19.0 Å². The Balaban J connectivity index is 3.07. The topological polar surface area (TPSA) is 0 Å². The first-order chi connectivity index (χ1) is 8.35. The van der Waals surface area contributed by atoms with Crippen LogP contribution in [0.25, 0.3) is 0 Å². The minimum atomic E-state index is -0.356. The van der Waals surface area contributed by atoms with Gasteiger partial charge in [-0.05, 0) is 5.38 Å². The molecule has 0 radical (unpaired) electrons. The highest BCUT2D eigenvalue weighted by atomic mass is 32.1. The van der Waals surface area contributed by atoms with Crippen molar-refractivity contribution in [2.45, 2.75) is 60.5 Å². The molecule has 0 atom stereocenters. The van der Waals surface area contributed by atoms with Gasteiger partial charge in [0.25, 0.3) is 0 Å². The van der Waals surface area contributed by atoms with Crippen molar-refractivity contribution in [1.29, 1.82) is 0 Å². The van der Waals surface area contributed by atoms with Gasteiger partial charge in [0.05, 0.1) is 0 Å². The van der Waals surface area contributed by atoms with Crippen molar-refractivity contribution < 1.29 is 0 Å². The standard InChI is InChI=1S/C16H30BS/c1-13(2)10-17(11-14(3)4,12-15(5)6)16-8-7-9-18-16/h7-9,13-15H,10-12H2,1-6H3/q-1. The zero-order valence-electron chi connectivity index (χ0n) is 13.1. The predicted molar refractivity (Wildman–Crippen MR) is 88.6 cm³/mol. The molecule has 1 aromatic heterocycles. The second-order valence-electron chi connectivity index (χ2n) is 7.38. The van der Waals surface area contributed by atoms with Crippen molar-refractivity contribution in [2.75, 3.05) is 0 Å². The molecule has 2 heteroatoms. The first-order valence-corrected chi connectivity index (χ1v) is 8.48. The van der Waals surface area contributed by atoms with Crippen LogP contribution < -0.4 is 4.78 Å². The van der Waals surface area contributed by atoms with E-state index >= 15 is 0 Å². The summed E-state index contributed by atoms with van der Waals surface area (Å²) in [4.78, 5) is 0. The van der Waals surface area contributed by atoms with E-state index < -0.39 is 0 Å². The van der Waals surface area contributed by atoms with E-state index in [2.05, 4.69) is 59.1 Å². The van der Waals surface area contributed by atoms with E-state index in [1.807, 2.05) is 11.3 Å². The minimum absolute atomic E-state index is 0.356. The molecule has 0 saturated heterocycles. The van der Waals surface area contributed by atoms with Crippen LogP contribution in [-0.4, -0.2) is 6.15 Å². The summed E-state index contributed by atoms with van der Waals surface area (Å²) in [6, 6.07) is 4.62. The van der Waals surface area contributed by atoms with Crippen LogP contribution in [0, 0.1) is 17.8 Å². The van der Waals surface area contributed by atoms with E-state index in [-0.39, 0.29) is 6.15 Å². The van der Waals surface area contributed by atoms with Crippen LogP contribution in [0.3, 0.4) is 0 Å². The maximum atomic E-state index is 2.39. The Morgan fingerprint density at radius 2 is 1.33 bits per heavy atom. The van der Waals surface area contributed by atoms with E-state index in [0.29, 0.717) is 0 Å². The lowest BCUT2D eigenvalue weighted by molar-refractivity contribution is 0.650. The van der Waals surface area contributed by atoms with Crippen molar-refractivity contribution in [3.05, 3.63) is 17.5 Å². The summed E-state index contributed by atoms with van der Waals surface area (Å²) in [5.41, 5.74) is 0. The third-order valence-electron chi connectivity index (χ3n) is 3.91. The summed E-state index contributed by atoms with van der Waals surface area (Å²) in [7, 11) is 0. The van der Waals surface area contributed by atoms with Crippen molar-refractivity contribution in [3.63, 3.8) is 0 Å². The lowest BCUT2D eigenvalue weighted by atomic mass is 9.16. The Morgan fingerprint density at radius 1 is 0.889 bits per heavy atom. The molecule has 0 amide bonds. The van der Waals surface area contributed by atoms with E-state index in [1.54, 1.807) is 4.78 Å². The Labute approximate surface area is 118 Å². The normalized spacial score (nSPS) is 12.9. The maximum Gasteiger partial charge on any atom is 0.0403 e. The van der Waals surface area contributed by atoms with Crippen LogP contribution in [0.15, 0.2) is 17.5 Å². The van der Waals surface area contributed by atoms with E-state index in [0.717, 1.165) is 17.8 Å². The van der Waals surface area contributed by atoms with Crippen LogP contribution in [0.2, 0.25) is 19.0 Å². The van der Waals surface area contributed by atoms with Gasteiger partial charge in [0.2, 0.25) is 0 Å². The Bertz CT molecular complexity index is 298. The van der Waals surface area contributed by atoms with Gasteiger partial charge in [-0.1, -0.05) is 71.4 Å². The van der Waals surface area contributed by atoms with Gasteiger partial charge in [0, 0.05) is 6.15 Å². The monoisotopic (exact) mass is 265 g/mol. The van der Waals surface area contributed by atoms with E-state index in [9.17, 15) is 0 Å². The highest BCUT2D eigenvalue weighted by molar-refractivity contribution is 7.25. The lowest BCUT2D eigenvalue weighted by Crippen LogP contribution is -2.49. The first kappa shape index (κ1) is 15.8. The summed E-state index contributed by atoms with van der Waals surface area (Å²) in [5, 5.41) is 2.26. The van der Waals surface area contributed by atoms with Gasteiger partial charge < -0.3 is 0 Å². The van der Waals surface area contributed by atoms with Crippen molar-refractivity contribution in [2.24, 2.45) is 17.8 Å². The molecule has 18 heavy (non-hydrogen) atoms. The molecule has 0 nitrogen and oxygen atoms in total. The quantitative estimate of drug-likeness (QED) is 0.581. The van der Waals surface area contributed by atoms with E-state index in [4.69, 9.17) is 0 Å². The van der Waals surface area contributed by atoms with Gasteiger partial charge in [-0.2, -0.15) is 35.1 Å². The average molecular weight is 265 g/mol. The molecule has 0 spiro atoms. The fraction of sp³-hybridized carbons (Fsp3) is 0.750. The fourth-order valence-corrected chi connectivity index (χ4v) is 5.03. The third kappa shape index (κ3) is 4.46. The Hall–Kier alpha value is -0.235. The molecule has 0 bridgehead atoms. The van der Waals surface area contributed by atoms with Gasteiger partial charge in [0.1, 0.15) is 0 Å².